The van der Waals surface area contributed by atoms with E-state index in [4.69, 9.17) is 5.14 Å². The predicted octanol–water partition coefficient (Wildman–Crippen LogP) is 1.38. The van der Waals surface area contributed by atoms with Gasteiger partial charge < -0.3 is 5.32 Å². The molecule has 1 amide bonds. The molecule has 0 bridgehead atoms. The van der Waals surface area contributed by atoms with Gasteiger partial charge in [0.2, 0.25) is 15.9 Å². The van der Waals surface area contributed by atoms with Crippen LogP contribution in [0.25, 0.3) is 0 Å². The van der Waals surface area contributed by atoms with Crippen molar-refractivity contribution in [3.05, 3.63) is 23.8 Å². The van der Waals surface area contributed by atoms with Crippen LogP contribution in [0.2, 0.25) is 0 Å². The maximum absolute atomic E-state index is 11.7. The molecule has 98 valence electrons. The molecular weight excluding hydrogens is 252 g/mol. The summed E-state index contributed by atoms with van der Waals surface area (Å²) in [5.41, 5.74) is 1.14. The van der Waals surface area contributed by atoms with Crippen LogP contribution in [0.4, 0.5) is 5.69 Å². The van der Waals surface area contributed by atoms with Crippen molar-refractivity contribution >= 4 is 21.6 Å². The Kier molecular flexibility index (Phi) is 3.41. The van der Waals surface area contributed by atoms with E-state index in [0.717, 1.165) is 19.3 Å². The molecule has 1 fully saturated rings. The standard InChI is InChI=1S/C12H16N2O3S/c1-8-7-10(5-6-11(8)18(13,16)17)14-12(15)9-3-2-4-9/h5-7,9H,2-4H2,1H3,(H,14,15)(H2,13,16,17). The van der Waals surface area contributed by atoms with Crippen LogP contribution in [-0.4, -0.2) is 14.3 Å². The van der Waals surface area contributed by atoms with Gasteiger partial charge in [0.1, 0.15) is 0 Å². The Hall–Kier alpha value is -1.40. The van der Waals surface area contributed by atoms with Crippen molar-refractivity contribution in [2.24, 2.45) is 11.1 Å². The highest BCUT2D eigenvalue weighted by Gasteiger charge is 2.25. The van der Waals surface area contributed by atoms with Crippen LogP contribution in [0.5, 0.6) is 0 Å². The second-order valence-corrected chi connectivity index (χ2v) is 6.17. The van der Waals surface area contributed by atoms with Crippen LogP contribution in [-0.2, 0) is 14.8 Å². The summed E-state index contributed by atoms with van der Waals surface area (Å²) in [6, 6.07) is 4.60. The number of benzene rings is 1. The van der Waals surface area contributed by atoms with Crippen molar-refractivity contribution in [1.29, 1.82) is 0 Å². The minimum absolute atomic E-state index is 0.00371. The lowest BCUT2D eigenvalue weighted by Gasteiger charge is -2.24. The van der Waals surface area contributed by atoms with E-state index in [0.29, 0.717) is 11.3 Å². The number of sulfonamides is 1. The van der Waals surface area contributed by atoms with Gasteiger partial charge in [-0.25, -0.2) is 13.6 Å². The molecule has 0 spiro atoms. The lowest BCUT2D eigenvalue weighted by Crippen LogP contribution is -2.28. The first-order valence-corrected chi connectivity index (χ1v) is 7.37. The zero-order valence-electron chi connectivity index (χ0n) is 10.1. The Bertz CT molecular complexity index is 577. The molecule has 0 aliphatic heterocycles. The molecule has 1 aliphatic rings. The van der Waals surface area contributed by atoms with Crippen LogP contribution in [0.1, 0.15) is 24.8 Å². The number of aryl methyl sites for hydroxylation is 1. The Labute approximate surface area is 106 Å². The van der Waals surface area contributed by atoms with Crippen molar-refractivity contribution in [3.8, 4) is 0 Å². The van der Waals surface area contributed by atoms with Gasteiger partial charge in [-0.05, 0) is 43.5 Å². The fourth-order valence-electron chi connectivity index (χ4n) is 1.96. The van der Waals surface area contributed by atoms with E-state index < -0.39 is 10.0 Å². The Morgan fingerprint density at radius 3 is 2.50 bits per heavy atom. The minimum Gasteiger partial charge on any atom is -0.326 e. The van der Waals surface area contributed by atoms with Crippen molar-refractivity contribution in [2.75, 3.05) is 5.32 Å². The number of carbonyl (C=O) groups excluding carboxylic acids is 1. The third-order valence-electron chi connectivity index (χ3n) is 3.22. The third-order valence-corrected chi connectivity index (χ3v) is 4.30. The molecule has 2 rings (SSSR count). The SMILES string of the molecule is Cc1cc(NC(=O)C2CCC2)ccc1S(N)(=O)=O. The van der Waals surface area contributed by atoms with Crippen LogP contribution in [0.15, 0.2) is 23.1 Å². The first-order valence-electron chi connectivity index (χ1n) is 5.82. The zero-order valence-corrected chi connectivity index (χ0v) is 11.0. The van der Waals surface area contributed by atoms with Gasteiger partial charge >= 0.3 is 0 Å². The van der Waals surface area contributed by atoms with Gasteiger partial charge in [-0.3, -0.25) is 4.79 Å². The molecule has 0 unspecified atom stereocenters. The number of hydrogen-bond acceptors (Lipinski definition) is 3. The van der Waals surface area contributed by atoms with Gasteiger partial charge in [-0.2, -0.15) is 0 Å². The van der Waals surface area contributed by atoms with E-state index in [1.54, 1.807) is 19.1 Å². The summed E-state index contributed by atoms with van der Waals surface area (Å²) in [4.78, 5) is 11.8. The molecular formula is C12H16N2O3S. The quantitative estimate of drug-likeness (QED) is 0.867. The fraction of sp³-hybridized carbons (Fsp3) is 0.417. The predicted molar refractivity (Wildman–Crippen MR) is 68.5 cm³/mol. The highest BCUT2D eigenvalue weighted by Crippen LogP contribution is 2.28. The Balaban J connectivity index is 2.16. The largest absolute Gasteiger partial charge is 0.326 e. The number of amides is 1. The van der Waals surface area contributed by atoms with E-state index in [1.807, 2.05) is 0 Å². The summed E-state index contributed by atoms with van der Waals surface area (Å²) in [6.07, 6.45) is 2.96. The molecule has 0 atom stereocenters. The highest BCUT2D eigenvalue weighted by atomic mass is 32.2. The number of primary sulfonamides is 1. The lowest BCUT2D eigenvalue weighted by molar-refractivity contribution is -0.122. The molecule has 1 aromatic carbocycles. The van der Waals surface area contributed by atoms with Crippen LogP contribution >= 0.6 is 0 Å². The van der Waals surface area contributed by atoms with Crippen molar-refractivity contribution in [1.82, 2.24) is 0 Å². The maximum atomic E-state index is 11.7. The van der Waals surface area contributed by atoms with E-state index in [9.17, 15) is 13.2 Å². The Morgan fingerprint density at radius 1 is 1.39 bits per heavy atom. The molecule has 18 heavy (non-hydrogen) atoms. The minimum atomic E-state index is -3.70. The summed E-state index contributed by atoms with van der Waals surface area (Å²) in [5.74, 6) is 0.104. The van der Waals surface area contributed by atoms with Gasteiger partial charge in [-0.1, -0.05) is 6.42 Å². The van der Waals surface area contributed by atoms with Crippen molar-refractivity contribution < 1.29 is 13.2 Å². The van der Waals surface area contributed by atoms with Gasteiger partial charge in [0.25, 0.3) is 0 Å². The second-order valence-electron chi connectivity index (χ2n) is 4.64. The summed E-state index contributed by atoms with van der Waals surface area (Å²) in [7, 11) is -3.70. The Morgan fingerprint density at radius 2 is 2.06 bits per heavy atom. The van der Waals surface area contributed by atoms with Gasteiger partial charge in [0.05, 0.1) is 4.90 Å². The van der Waals surface area contributed by atoms with E-state index in [2.05, 4.69) is 5.32 Å². The average molecular weight is 268 g/mol. The first kappa shape index (κ1) is 13.0. The van der Waals surface area contributed by atoms with E-state index >= 15 is 0 Å². The summed E-state index contributed by atoms with van der Waals surface area (Å²) in [5, 5.41) is 7.86. The second kappa shape index (κ2) is 4.70. The molecule has 0 radical (unpaired) electrons. The van der Waals surface area contributed by atoms with Gasteiger partial charge in [0, 0.05) is 11.6 Å². The molecule has 0 heterocycles. The smallest absolute Gasteiger partial charge is 0.238 e. The number of nitrogens with one attached hydrogen (secondary N) is 1. The number of hydrogen-bond donors (Lipinski definition) is 2. The maximum Gasteiger partial charge on any atom is 0.238 e. The van der Waals surface area contributed by atoms with Crippen LogP contribution in [0, 0.1) is 12.8 Å². The number of carbonyl (C=O) groups is 1. The molecule has 6 heteroatoms. The molecule has 1 saturated carbocycles. The number of anilines is 1. The van der Waals surface area contributed by atoms with Crippen LogP contribution in [0.3, 0.4) is 0 Å². The highest BCUT2D eigenvalue weighted by molar-refractivity contribution is 7.89. The number of rotatable bonds is 3. The van der Waals surface area contributed by atoms with Crippen molar-refractivity contribution in [2.45, 2.75) is 31.1 Å². The summed E-state index contributed by atoms with van der Waals surface area (Å²) < 4.78 is 22.5. The van der Waals surface area contributed by atoms with E-state index in [-0.39, 0.29) is 16.7 Å². The fourth-order valence-corrected chi connectivity index (χ4v) is 2.73. The molecule has 1 aliphatic carbocycles. The van der Waals surface area contributed by atoms with E-state index in [1.165, 1.54) is 6.07 Å². The van der Waals surface area contributed by atoms with Gasteiger partial charge in [-0.15, -0.1) is 0 Å². The lowest BCUT2D eigenvalue weighted by atomic mass is 9.85. The zero-order chi connectivity index (χ0) is 13.3. The summed E-state index contributed by atoms with van der Waals surface area (Å²) >= 11 is 0. The molecule has 5 nitrogen and oxygen atoms in total. The monoisotopic (exact) mass is 268 g/mol. The molecule has 0 aromatic heterocycles. The third kappa shape index (κ3) is 2.70. The summed E-state index contributed by atoms with van der Waals surface area (Å²) in [6.45, 7) is 1.65. The molecule has 1 aromatic rings. The normalized spacial score (nSPS) is 16.1. The average Bonchev–Trinajstić information content (AvgIpc) is 2.11. The van der Waals surface area contributed by atoms with Crippen molar-refractivity contribution in [3.63, 3.8) is 0 Å². The van der Waals surface area contributed by atoms with Crippen LogP contribution < -0.4 is 10.5 Å². The first-order chi connectivity index (χ1) is 8.38. The topological polar surface area (TPSA) is 89.3 Å². The number of nitrogens with two attached hydrogens (primary N) is 1. The molecule has 3 N–H and O–H groups in total. The van der Waals surface area contributed by atoms with Gasteiger partial charge in [0.15, 0.2) is 0 Å². The molecule has 0 saturated heterocycles.